The van der Waals surface area contributed by atoms with Gasteiger partial charge in [-0.1, -0.05) is 60.7 Å². The summed E-state index contributed by atoms with van der Waals surface area (Å²) >= 11 is 0. The molecule has 4 aromatic rings. The molecule has 0 saturated heterocycles. The Bertz CT molecular complexity index is 1270. The standard InChI is InChI=1S/C25H22N4O4/c1-33-23-13-12-21(29(31)32)14-22(23)25(30)26-15-20-17-28(16-18-8-4-2-5-9-18)27-24(20)19-10-6-3-7-11-19/h2-14,17H,15-16H2,1H3,(H,26,30). The number of aromatic nitrogens is 2. The molecule has 8 heteroatoms. The molecule has 0 unspecified atom stereocenters. The van der Waals surface area contributed by atoms with Gasteiger partial charge in [-0.15, -0.1) is 0 Å². The van der Waals surface area contributed by atoms with E-state index in [4.69, 9.17) is 9.84 Å². The lowest BCUT2D eigenvalue weighted by Gasteiger charge is -2.09. The van der Waals surface area contributed by atoms with Gasteiger partial charge in [0.1, 0.15) is 5.75 Å². The summed E-state index contributed by atoms with van der Waals surface area (Å²) in [5, 5.41) is 18.7. The Morgan fingerprint density at radius 2 is 1.76 bits per heavy atom. The van der Waals surface area contributed by atoms with Crippen molar-refractivity contribution in [1.82, 2.24) is 15.1 Å². The molecule has 1 heterocycles. The highest BCUT2D eigenvalue weighted by Crippen LogP contribution is 2.25. The second-order valence-corrected chi connectivity index (χ2v) is 7.38. The van der Waals surface area contributed by atoms with Gasteiger partial charge in [0.2, 0.25) is 0 Å². The summed E-state index contributed by atoms with van der Waals surface area (Å²) in [5.74, 6) is -0.202. The highest BCUT2D eigenvalue weighted by atomic mass is 16.6. The van der Waals surface area contributed by atoms with Gasteiger partial charge in [-0.25, -0.2) is 0 Å². The molecule has 33 heavy (non-hydrogen) atoms. The molecule has 0 aliphatic heterocycles. The van der Waals surface area contributed by atoms with E-state index in [2.05, 4.69) is 5.32 Å². The molecule has 0 fully saturated rings. The molecule has 0 radical (unpaired) electrons. The summed E-state index contributed by atoms with van der Waals surface area (Å²) < 4.78 is 7.06. The molecule has 0 aliphatic carbocycles. The lowest BCUT2D eigenvalue weighted by Crippen LogP contribution is -2.23. The smallest absolute Gasteiger partial charge is 0.270 e. The van der Waals surface area contributed by atoms with Crippen LogP contribution in [0, 0.1) is 10.1 Å². The molecule has 0 aliphatic rings. The van der Waals surface area contributed by atoms with Gasteiger partial charge in [0.05, 0.1) is 29.8 Å². The molecule has 166 valence electrons. The van der Waals surface area contributed by atoms with Crippen molar-refractivity contribution in [1.29, 1.82) is 0 Å². The molecule has 1 aromatic heterocycles. The number of rotatable bonds is 8. The fourth-order valence-corrected chi connectivity index (χ4v) is 3.54. The van der Waals surface area contributed by atoms with E-state index >= 15 is 0 Å². The van der Waals surface area contributed by atoms with E-state index in [0.29, 0.717) is 6.54 Å². The Hall–Kier alpha value is -4.46. The number of hydrogen-bond acceptors (Lipinski definition) is 5. The normalized spacial score (nSPS) is 10.6. The van der Waals surface area contributed by atoms with Crippen molar-refractivity contribution in [3.05, 3.63) is 112 Å². The van der Waals surface area contributed by atoms with Crippen LogP contribution in [0.2, 0.25) is 0 Å². The maximum absolute atomic E-state index is 12.9. The predicted octanol–water partition coefficient (Wildman–Crippen LogP) is 4.45. The molecule has 0 bridgehead atoms. The first-order chi connectivity index (χ1) is 16.0. The van der Waals surface area contributed by atoms with Gasteiger partial charge < -0.3 is 10.1 Å². The number of non-ortho nitro benzene ring substituents is 1. The average molecular weight is 442 g/mol. The fraction of sp³-hybridized carbons (Fsp3) is 0.120. The van der Waals surface area contributed by atoms with Crippen molar-refractivity contribution in [2.24, 2.45) is 0 Å². The maximum atomic E-state index is 12.9. The SMILES string of the molecule is COc1ccc([N+](=O)[O-])cc1C(=O)NCc1cn(Cc2ccccc2)nc1-c1ccccc1. The molecule has 0 atom stereocenters. The second-order valence-electron chi connectivity index (χ2n) is 7.38. The predicted molar refractivity (Wildman–Crippen MR) is 124 cm³/mol. The van der Waals surface area contributed by atoms with Gasteiger partial charge in [-0.05, 0) is 11.6 Å². The Balaban J connectivity index is 1.60. The van der Waals surface area contributed by atoms with Crippen molar-refractivity contribution >= 4 is 11.6 Å². The van der Waals surface area contributed by atoms with E-state index in [1.165, 1.54) is 25.3 Å². The van der Waals surface area contributed by atoms with Gasteiger partial charge in [0, 0.05) is 36.0 Å². The number of benzene rings is 3. The van der Waals surface area contributed by atoms with Crippen LogP contribution in [-0.4, -0.2) is 27.7 Å². The summed E-state index contributed by atoms with van der Waals surface area (Å²) in [7, 11) is 1.42. The van der Waals surface area contributed by atoms with Crippen LogP contribution in [0.5, 0.6) is 5.75 Å². The minimum Gasteiger partial charge on any atom is -0.496 e. The zero-order chi connectivity index (χ0) is 23.2. The lowest BCUT2D eigenvalue weighted by molar-refractivity contribution is -0.384. The molecule has 0 spiro atoms. The molecule has 1 N–H and O–H groups in total. The number of nitro benzene ring substituents is 1. The number of nitrogens with zero attached hydrogens (tertiary/aromatic N) is 3. The summed E-state index contributed by atoms with van der Waals surface area (Å²) in [6.07, 6.45) is 1.90. The first-order valence-electron chi connectivity index (χ1n) is 10.3. The Morgan fingerprint density at radius 3 is 2.42 bits per heavy atom. The quantitative estimate of drug-likeness (QED) is 0.321. The Labute approximate surface area is 190 Å². The average Bonchev–Trinajstić information content (AvgIpc) is 3.25. The Kier molecular flexibility index (Phi) is 6.45. The maximum Gasteiger partial charge on any atom is 0.270 e. The number of ether oxygens (including phenoxy) is 1. The van der Waals surface area contributed by atoms with Crippen LogP contribution in [0.15, 0.2) is 85.1 Å². The van der Waals surface area contributed by atoms with Crippen molar-refractivity contribution < 1.29 is 14.5 Å². The zero-order valence-corrected chi connectivity index (χ0v) is 18.0. The van der Waals surface area contributed by atoms with E-state index in [1.54, 1.807) is 0 Å². The molecular formula is C25H22N4O4. The molecule has 3 aromatic carbocycles. The third-order valence-corrected chi connectivity index (χ3v) is 5.15. The minimum atomic E-state index is -0.544. The second kappa shape index (κ2) is 9.78. The highest BCUT2D eigenvalue weighted by Gasteiger charge is 2.19. The molecule has 4 rings (SSSR count). The monoisotopic (exact) mass is 442 g/mol. The Morgan fingerprint density at radius 1 is 1.06 bits per heavy atom. The van der Waals surface area contributed by atoms with Crippen LogP contribution in [-0.2, 0) is 13.1 Å². The fourth-order valence-electron chi connectivity index (χ4n) is 3.54. The minimum absolute atomic E-state index is 0.102. The largest absolute Gasteiger partial charge is 0.496 e. The van der Waals surface area contributed by atoms with Crippen molar-refractivity contribution in [3.8, 4) is 17.0 Å². The topological polar surface area (TPSA) is 99.3 Å². The van der Waals surface area contributed by atoms with Crippen LogP contribution >= 0.6 is 0 Å². The summed E-state index contributed by atoms with van der Waals surface area (Å²) in [6, 6.07) is 23.6. The van der Waals surface area contributed by atoms with Gasteiger partial charge in [-0.3, -0.25) is 19.6 Å². The van der Waals surface area contributed by atoms with E-state index in [1.807, 2.05) is 71.5 Å². The van der Waals surface area contributed by atoms with Crippen molar-refractivity contribution in [2.75, 3.05) is 7.11 Å². The number of methoxy groups -OCH3 is 1. The third kappa shape index (κ3) is 5.07. The van der Waals surface area contributed by atoms with Crippen LogP contribution in [0.3, 0.4) is 0 Å². The van der Waals surface area contributed by atoms with E-state index in [0.717, 1.165) is 22.4 Å². The van der Waals surface area contributed by atoms with Gasteiger partial charge in [0.15, 0.2) is 0 Å². The van der Waals surface area contributed by atoms with E-state index in [-0.39, 0.29) is 23.5 Å². The van der Waals surface area contributed by atoms with Crippen LogP contribution < -0.4 is 10.1 Å². The zero-order valence-electron chi connectivity index (χ0n) is 18.0. The van der Waals surface area contributed by atoms with Crippen LogP contribution in [0.1, 0.15) is 21.5 Å². The van der Waals surface area contributed by atoms with E-state index < -0.39 is 10.8 Å². The van der Waals surface area contributed by atoms with Gasteiger partial charge >= 0.3 is 0 Å². The van der Waals surface area contributed by atoms with Gasteiger partial charge in [0.25, 0.3) is 11.6 Å². The molecule has 8 nitrogen and oxygen atoms in total. The number of carbonyl (C=O) groups excluding carboxylic acids is 1. The first-order valence-corrected chi connectivity index (χ1v) is 10.3. The number of amides is 1. The number of hydrogen-bond donors (Lipinski definition) is 1. The molecule has 1 amide bonds. The van der Waals surface area contributed by atoms with Gasteiger partial charge in [-0.2, -0.15) is 5.10 Å². The third-order valence-electron chi connectivity index (χ3n) is 5.15. The summed E-state index contributed by atoms with van der Waals surface area (Å²) in [5.41, 5.74) is 3.55. The van der Waals surface area contributed by atoms with Crippen molar-refractivity contribution in [2.45, 2.75) is 13.1 Å². The van der Waals surface area contributed by atoms with Crippen molar-refractivity contribution in [3.63, 3.8) is 0 Å². The number of nitro groups is 1. The molecular weight excluding hydrogens is 420 g/mol. The number of nitrogens with one attached hydrogen (secondary N) is 1. The van der Waals surface area contributed by atoms with Crippen LogP contribution in [0.25, 0.3) is 11.3 Å². The first kappa shape index (κ1) is 21.8. The summed E-state index contributed by atoms with van der Waals surface area (Å²) in [4.78, 5) is 23.5. The highest BCUT2D eigenvalue weighted by molar-refractivity contribution is 5.97. The number of carbonyl (C=O) groups is 1. The summed E-state index contributed by atoms with van der Waals surface area (Å²) in [6.45, 7) is 0.789. The lowest BCUT2D eigenvalue weighted by atomic mass is 10.1. The molecule has 0 saturated carbocycles. The van der Waals surface area contributed by atoms with Crippen LogP contribution in [0.4, 0.5) is 5.69 Å². The van der Waals surface area contributed by atoms with E-state index in [9.17, 15) is 14.9 Å².